The summed E-state index contributed by atoms with van der Waals surface area (Å²) in [5.74, 6) is 0.352. The summed E-state index contributed by atoms with van der Waals surface area (Å²) in [5, 5.41) is 9.47. The molecule has 1 heterocycles. The number of aliphatic hydroxyl groups excluding tert-OH is 1. The van der Waals surface area contributed by atoms with E-state index in [0.29, 0.717) is 17.1 Å². The van der Waals surface area contributed by atoms with Gasteiger partial charge in [-0.05, 0) is 19.1 Å². The Morgan fingerprint density at radius 2 is 2.20 bits per heavy atom. The molecule has 0 aromatic heterocycles. The zero-order chi connectivity index (χ0) is 11.0. The first-order valence-electron chi connectivity index (χ1n) is 4.70. The van der Waals surface area contributed by atoms with Crippen LogP contribution in [-0.2, 0) is 0 Å². The monoisotopic (exact) mass is 208 g/mol. The van der Waals surface area contributed by atoms with Crippen molar-refractivity contribution in [2.45, 2.75) is 13.2 Å². The molecule has 80 valence electrons. The first kappa shape index (κ1) is 9.98. The van der Waals surface area contributed by atoms with Gasteiger partial charge in [-0.1, -0.05) is 0 Å². The Kier molecular flexibility index (Phi) is 2.36. The Bertz CT molecular complexity index is 400. The van der Waals surface area contributed by atoms with E-state index in [-0.39, 0.29) is 5.78 Å². The first-order chi connectivity index (χ1) is 7.13. The fourth-order valence-corrected chi connectivity index (χ4v) is 1.54. The first-order valence-corrected chi connectivity index (χ1v) is 4.70. The molecule has 0 unspecified atom stereocenters. The van der Waals surface area contributed by atoms with Gasteiger partial charge < -0.3 is 14.6 Å². The topological polar surface area (TPSA) is 55.8 Å². The molecule has 0 bridgehead atoms. The molecule has 1 aromatic rings. The zero-order valence-electron chi connectivity index (χ0n) is 8.56. The van der Waals surface area contributed by atoms with E-state index in [1.807, 2.05) is 0 Å². The van der Waals surface area contributed by atoms with E-state index in [9.17, 15) is 9.90 Å². The lowest BCUT2D eigenvalue weighted by Gasteiger charge is -2.26. The third-order valence-electron chi connectivity index (χ3n) is 2.54. The summed E-state index contributed by atoms with van der Waals surface area (Å²) in [5.41, 5.74) is 0.494. The number of methoxy groups -OCH3 is 1. The molecule has 0 fully saturated rings. The molecule has 0 saturated heterocycles. The van der Waals surface area contributed by atoms with Gasteiger partial charge in [0, 0.05) is 6.07 Å². The van der Waals surface area contributed by atoms with E-state index in [0.717, 1.165) is 0 Å². The normalized spacial score (nSPS) is 24.3. The molecule has 1 N–H and O–H groups in total. The lowest BCUT2D eigenvalue weighted by atomic mass is 9.95. The molecule has 0 amide bonds. The Hall–Kier alpha value is -1.55. The average Bonchev–Trinajstić information content (AvgIpc) is 2.25. The Balaban J connectivity index is 2.46. The van der Waals surface area contributed by atoms with Gasteiger partial charge in [-0.25, -0.2) is 0 Å². The standard InChI is InChI=1S/C11H12O4/c1-6-10(12)8-4-3-7(14-2)5-9(8)15-11(6)13/h3-6,11,13H,1-2H3/t6-,11+/m1/s1. The average molecular weight is 208 g/mol. The Labute approximate surface area is 87.4 Å². The highest BCUT2D eigenvalue weighted by Crippen LogP contribution is 2.32. The van der Waals surface area contributed by atoms with Crippen molar-refractivity contribution in [3.8, 4) is 11.5 Å². The lowest BCUT2D eigenvalue weighted by Crippen LogP contribution is -2.35. The number of ketones is 1. The van der Waals surface area contributed by atoms with Crippen molar-refractivity contribution < 1.29 is 19.4 Å². The highest BCUT2D eigenvalue weighted by molar-refractivity contribution is 6.01. The second-order valence-corrected chi connectivity index (χ2v) is 3.52. The number of rotatable bonds is 1. The van der Waals surface area contributed by atoms with Gasteiger partial charge in [-0.15, -0.1) is 0 Å². The maximum Gasteiger partial charge on any atom is 0.207 e. The quantitative estimate of drug-likeness (QED) is 0.754. The van der Waals surface area contributed by atoms with Crippen LogP contribution in [0.1, 0.15) is 17.3 Å². The molecule has 0 saturated carbocycles. The van der Waals surface area contributed by atoms with Gasteiger partial charge in [0.15, 0.2) is 5.78 Å². The molecule has 0 aliphatic carbocycles. The van der Waals surface area contributed by atoms with Crippen molar-refractivity contribution in [3.05, 3.63) is 23.8 Å². The van der Waals surface area contributed by atoms with Crippen LogP contribution in [0.2, 0.25) is 0 Å². The highest BCUT2D eigenvalue weighted by Gasteiger charge is 2.32. The van der Waals surface area contributed by atoms with E-state index in [2.05, 4.69) is 0 Å². The van der Waals surface area contributed by atoms with Crippen LogP contribution < -0.4 is 9.47 Å². The van der Waals surface area contributed by atoms with Crippen LogP contribution in [0, 0.1) is 5.92 Å². The Morgan fingerprint density at radius 3 is 2.87 bits per heavy atom. The largest absolute Gasteiger partial charge is 0.497 e. The van der Waals surface area contributed by atoms with Crippen LogP contribution in [0.4, 0.5) is 0 Å². The maximum absolute atomic E-state index is 11.7. The van der Waals surface area contributed by atoms with Gasteiger partial charge in [0.2, 0.25) is 6.29 Å². The number of benzene rings is 1. The second-order valence-electron chi connectivity index (χ2n) is 3.52. The summed E-state index contributed by atoms with van der Waals surface area (Å²) in [6.07, 6.45) is -1.07. The molecular weight excluding hydrogens is 196 g/mol. The van der Waals surface area contributed by atoms with Crippen molar-refractivity contribution in [2.24, 2.45) is 5.92 Å². The predicted molar refractivity (Wildman–Crippen MR) is 53.1 cm³/mol. The molecule has 1 aliphatic heterocycles. The molecule has 0 radical (unpaired) electrons. The summed E-state index contributed by atoms with van der Waals surface area (Å²) in [4.78, 5) is 11.7. The van der Waals surface area contributed by atoms with Gasteiger partial charge in [0.05, 0.1) is 18.6 Å². The van der Waals surface area contributed by atoms with Crippen molar-refractivity contribution >= 4 is 5.78 Å². The van der Waals surface area contributed by atoms with E-state index in [4.69, 9.17) is 9.47 Å². The molecule has 4 heteroatoms. The number of aliphatic hydroxyl groups is 1. The molecule has 2 atom stereocenters. The minimum Gasteiger partial charge on any atom is -0.497 e. The van der Waals surface area contributed by atoms with Gasteiger partial charge in [0.25, 0.3) is 0 Å². The summed E-state index contributed by atoms with van der Waals surface area (Å²) in [6, 6.07) is 4.95. The fourth-order valence-electron chi connectivity index (χ4n) is 1.54. The molecule has 15 heavy (non-hydrogen) atoms. The van der Waals surface area contributed by atoms with Gasteiger partial charge in [-0.3, -0.25) is 4.79 Å². The molecule has 1 aromatic carbocycles. The van der Waals surface area contributed by atoms with E-state index in [1.165, 1.54) is 7.11 Å². The van der Waals surface area contributed by atoms with Crippen molar-refractivity contribution in [1.82, 2.24) is 0 Å². The predicted octanol–water partition coefficient (Wildman–Crippen LogP) is 1.22. The third kappa shape index (κ3) is 1.57. The van der Waals surface area contributed by atoms with Gasteiger partial charge in [0.1, 0.15) is 11.5 Å². The summed E-state index contributed by atoms with van der Waals surface area (Å²) < 4.78 is 10.2. The van der Waals surface area contributed by atoms with Crippen LogP contribution in [0.3, 0.4) is 0 Å². The lowest BCUT2D eigenvalue weighted by molar-refractivity contribution is -0.0545. The number of carbonyl (C=O) groups is 1. The number of carbonyl (C=O) groups excluding carboxylic acids is 1. The molecule has 0 spiro atoms. The summed E-state index contributed by atoms with van der Waals surface area (Å²) >= 11 is 0. The van der Waals surface area contributed by atoms with Gasteiger partial charge in [-0.2, -0.15) is 0 Å². The maximum atomic E-state index is 11.7. The number of hydrogen-bond acceptors (Lipinski definition) is 4. The highest BCUT2D eigenvalue weighted by atomic mass is 16.6. The minimum atomic E-state index is -1.07. The van der Waals surface area contributed by atoms with Crippen LogP contribution >= 0.6 is 0 Å². The second kappa shape index (κ2) is 3.55. The van der Waals surface area contributed by atoms with Gasteiger partial charge >= 0.3 is 0 Å². The smallest absolute Gasteiger partial charge is 0.207 e. The van der Waals surface area contributed by atoms with E-state index >= 15 is 0 Å². The third-order valence-corrected chi connectivity index (χ3v) is 2.54. The molecule has 4 nitrogen and oxygen atoms in total. The number of Topliss-reactive ketones (excluding diaryl/α,β-unsaturated/α-hetero) is 1. The van der Waals surface area contributed by atoms with Crippen LogP contribution in [0.25, 0.3) is 0 Å². The van der Waals surface area contributed by atoms with Crippen molar-refractivity contribution in [2.75, 3.05) is 7.11 Å². The number of fused-ring (bicyclic) bond motifs is 1. The molecular formula is C11H12O4. The van der Waals surface area contributed by atoms with Crippen LogP contribution in [0.5, 0.6) is 11.5 Å². The van der Waals surface area contributed by atoms with E-state index < -0.39 is 12.2 Å². The Morgan fingerprint density at radius 1 is 1.47 bits per heavy atom. The summed E-state index contributed by atoms with van der Waals surface area (Å²) in [7, 11) is 1.53. The van der Waals surface area contributed by atoms with Crippen LogP contribution in [-0.4, -0.2) is 24.3 Å². The summed E-state index contributed by atoms with van der Waals surface area (Å²) in [6.45, 7) is 1.64. The zero-order valence-corrected chi connectivity index (χ0v) is 8.56. The van der Waals surface area contributed by atoms with Crippen molar-refractivity contribution in [1.29, 1.82) is 0 Å². The minimum absolute atomic E-state index is 0.105. The van der Waals surface area contributed by atoms with Crippen molar-refractivity contribution in [3.63, 3.8) is 0 Å². The number of ether oxygens (including phenoxy) is 2. The number of hydrogen-bond donors (Lipinski definition) is 1. The molecule has 1 aliphatic rings. The van der Waals surface area contributed by atoms with Crippen LogP contribution in [0.15, 0.2) is 18.2 Å². The van der Waals surface area contributed by atoms with E-state index in [1.54, 1.807) is 25.1 Å². The fraction of sp³-hybridized carbons (Fsp3) is 0.364. The molecule has 2 rings (SSSR count). The SMILES string of the molecule is COc1ccc2c(c1)O[C@H](O)[C@H](C)C2=O.